The number of hydrogen-bond acceptors (Lipinski definition) is 4. The minimum absolute atomic E-state index is 0.0438. The predicted octanol–water partition coefficient (Wildman–Crippen LogP) is 2.13. The van der Waals surface area contributed by atoms with E-state index in [4.69, 9.17) is 14.2 Å². The maximum Gasteiger partial charge on any atom is 0.183 e. The molecule has 1 aromatic carbocycles. The van der Waals surface area contributed by atoms with E-state index in [1.807, 2.05) is 30.3 Å². The van der Waals surface area contributed by atoms with Crippen LogP contribution in [-0.2, 0) is 20.8 Å². The fourth-order valence-corrected chi connectivity index (χ4v) is 2.93. The van der Waals surface area contributed by atoms with E-state index in [-0.39, 0.29) is 12.2 Å². The van der Waals surface area contributed by atoms with E-state index in [0.29, 0.717) is 13.0 Å². The molecule has 0 aromatic heterocycles. The Hall–Kier alpha value is -0.210. The lowest BCUT2D eigenvalue weighted by molar-refractivity contribution is -0.258. The number of aliphatic hydroxyl groups is 1. The SMILES string of the molecule is CO[C@H]1O[C@H](CI)[C@@H](OCc2ccccc2)C[C@H]1O. The molecule has 1 aliphatic heterocycles. The van der Waals surface area contributed by atoms with Crippen molar-refractivity contribution in [3.05, 3.63) is 35.9 Å². The molecule has 5 heteroatoms. The second-order valence-corrected chi connectivity index (χ2v) is 5.45. The van der Waals surface area contributed by atoms with Crippen LogP contribution in [0.1, 0.15) is 12.0 Å². The first-order valence-corrected chi connectivity index (χ1v) is 7.85. The molecule has 1 aromatic rings. The Labute approximate surface area is 127 Å². The predicted molar refractivity (Wildman–Crippen MR) is 80.2 cm³/mol. The second-order valence-electron chi connectivity index (χ2n) is 4.57. The summed E-state index contributed by atoms with van der Waals surface area (Å²) in [5, 5.41) is 9.92. The minimum atomic E-state index is -0.634. The van der Waals surface area contributed by atoms with Crippen LogP contribution in [-0.4, -0.2) is 41.2 Å². The molecule has 0 amide bonds. The highest BCUT2D eigenvalue weighted by molar-refractivity contribution is 14.1. The molecule has 0 radical (unpaired) electrons. The number of halogens is 1. The minimum Gasteiger partial charge on any atom is -0.388 e. The second kappa shape index (κ2) is 7.54. The summed E-state index contributed by atoms with van der Waals surface area (Å²) in [6.07, 6.45) is -0.781. The quantitative estimate of drug-likeness (QED) is 0.630. The highest BCUT2D eigenvalue weighted by atomic mass is 127. The standard InChI is InChI=1S/C14H19IO4/c1-17-14-11(16)7-12(13(8-15)19-14)18-9-10-5-3-2-4-6-10/h2-6,11-14,16H,7-9H2,1H3/t11-,12+,13-,14+/m1/s1. The molecule has 0 unspecified atom stereocenters. The van der Waals surface area contributed by atoms with E-state index in [1.54, 1.807) is 7.11 Å². The van der Waals surface area contributed by atoms with Crippen molar-refractivity contribution in [3.8, 4) is 0 Å². The van der Waals surface area contributed by atoms with Gasteiger partial charge in [-0.2, -0.15) is 0 Å². The summed E-state index contributed by atoms with van der Waals surface area (Å²) in [4.78, 5) is 0. The molecule has 0 bridgehead atoms. The van der Waals surface area contributed by atoms with Gasteiger partial charge in [0.1, 0.15) is 6.10 Å². The third-order valence-electron chi connectivity index (χ3n) is 3.20. The monoisotopic (exact) mass is 378 g/mol. The summed E-state index contributed by atoms with van der Waals surface area (Å²) < 4.78 is 17.5. The average Bonchev–Trinajstić information content (AvgIpc) is 2.46. The molecular weight excluding hydrogens is 359 g/mol. The Morgan fingerprint density at radius 2 is 2.11 bits per heavy atom. The van der Waals surface area contributed by atoms with Crippen LogP contribution in [0.3, 0.4) is 0 Å². The van der Waals surface area contributed by atoms with Crippen LogP contribution < -0.4 is 0 Å². The Morgan fingerprint density at radius 3 is 2.74 bits per heavy atom. The third kappa shape index (κ3) is 4.13. The van der Waals surface area contributed by atoms with Gasteiger partial charge in [-0.3, -0.25) is 0 Å². The van der Waals surface area contributed by atoms with Crippen LogP contribution in [0.5, 0.6) is 0 Å². The van der Waals surface area contributed by atoms with E-state index in [1.165, 1.54) is 0 Å². The summed E-state index contributed by atoms with van der Waals surface area (Å²) in [6, 6.07) is 10.0. The van der Waals surface area contributed by atoms with Crippen molar-refractivity contribution in [2.45, 2.75) is 37.6 Å². The number of ether oxygens (including phenoxy) is 3. The molecule has 1 N–H and O–H groups in total. The van der Waals surface area contributed by atoms with Crippen LogP contribution in [0.2, 0.25) is 0 Å². The lowest BCUT2D eigenvalue weighted by Gasteiger charge is -2.37. The number of methoxy groups -OCH3 is 1. The van der Waals surface area contributed by atoms with Gasteiger partial charge in [-0.15, -0.1) is 0 Å². The van der Waals surface area contributed by atoms with Gasteiger partial charge in [-0.25, -0.2) is 0 Å². The van der Waals surface area contributed by atoms with Crippen molar-refractivity contribution in [2.24, 2.45) is 0 Å². The molecule has 2 rings (SSSR count). The Morgan fingerprint density at radius 1 is 1.37 bits per heavy atom. The van der Waals surface area contributed by atoms with E-state index in [2.05, 4.69) is 22.6 Å². The van der Waals surface area contributed by atoms with Gasteiger partial charge in [0.05, 0.1) is 18.8 Å². The summed E-state index contributed by atoms with van der Waals surface area (Å²) in [5.74, 6) is 0. The average molecular weight is 378 g/mol. The normalized spacial score (nSPS) is 31.3. The Kier molecular flexibility index (Phi) is 6.03. The molecule has 0 saturated carbocycles. The highest BCUT2D eigenvalue weighted by Gasteiger charge is 2.37. The van der Waals surface area contributed by atoms with Gasteiger partial charge in [0, 0.05) is 18.0 Å². The van der Waals surface area contributed by atoms with E-state index < -0.39 is 12.4 Å². The van der Waals surface area contributed by atoms with Crippen LogP contribution in [0, 0.1) is 0 Å². The van der Waals surface area contributed by atoms with Crippen LogP contribution in [0.4, 0.5) is 0 Å². The van der Waals surface area contributed by atoms with Crippen molar-refractivity contribution in [3.63, 3.8) is 0 Å². The van der Waals surface area contributed by atoms with Crippen LogP contribution >= 0.6 is 22.6 Å². The van der Waals surface area contributed by atoms with Crippen molar-refractivity contribution < 1.29 is 19.3 Å². The fraction of sp³-hybridized carbons (Fsp3) is 0.571. The largest absolute Gasteiger partial charge is 0.388 e. The number of benzene rings is 1. The molecule has 19 heavy (non-hydrogen) atoms. The molecule has 0 spiro atoms. The number of alkyl halides is 1. The van der Waals surface area contributed by atoms with Gasteiger partial charge in [0.2, 0.25) is 0 Å². The zero-order chi connectivity index (χ0) is 13.7. The maximum atomic E-state index is 9.92. The molecule has 106 valence electrons. The van der Waals surface area contributed by atoms with Gasteiger partial charge in [0.25, 0.3) is 0 Å². The first-order valence-electron chi connectivity index (χ1n) is 6.32. The molecule has 0 aliphatic carbocycles. The van der Waals surface area contributed by atoms with Crippen molar-refractivity contribution >= 4 is 22.6 Å². The molecule has 4 nitrogen and oxygen atoms in total. The summed E-state index contributed by atoms with van der Waals surface area (Å²) in [5.41, 5.74) is 1.12. The molecule has 4 atom stereocenters. The van der Waals surface area contributed by atoms with Crippen LogP contribution in [0.25, 0.3) is 0 Å². The maximum absolute atomic E-state index is 9.92. The number of hydrogen-bond donors (Lipinski definition) is 1. The lowest BCUT2D eigenvalue weighted by Crippen LogP contribution is -2.49. The smallest absolute Gasteiger partial charge is 0.183 e. The third-order valence-corrected chi connectivity index (χ3v) is 4.07. The van der Waals surface area contributed by atoms with Crippen molar-refractivity contribution in [1.29, 1.82) is 0 Å². The van der Waals surface area contributed by atoms with Gasteiger partial charge in [-0.1, -0.05) is 52.9 Å². The molecule has 1 heterocycles. The fourth-order valence-electron chi connectivity index (χ4n) is 2.15. The number of aliphatic hydroxyl groups excluding tert-OH is 1. The molecular formula is C14H19IO4. The number of rotatable bonds is 5. The van der Waals surface area contributed by atoms with Gasteiger partial charge >= 0.3 is 0 Å². The van der Waals surface area contributed by atoms with Crippen molar-refractivity contribution in [1.82, 2.24) is 0 Å². The Bertz CT molecular complexity index is 373. The van der Waals surface area contributed by atoms with E-state index in [9.17, 15) is 5.11 Å². The van der Waals surface area contributed by atoms with Crippen LogP contribution in [0.15, 0.2) is 30.3 Å². The topological polar surface area (TPSA) is 47.9 Å². The van der Waals surface area contributed by atoms with Gasteiger partial charge in [-0.05, 0) is 5.56 Å². The first-order chi connectivity index (χ1) is 9.24. The zero-order valence-corrected chi connectivity index (χ0v) is 13.0. The summed E-state index contributed by atoms with van der Waals surface area (Å²) in [6.45, 7) is 0.534. The zero-order valence-electron chi connectivity index (χ0n) is 10.9. The molecule has 1 aliphatic rings. The lowest BCUT2D eigenvalue weighted by atomic mass is 10.0. The van der Waals surface area contributed by atoms with Gasteiger partial charge < -0.3 is 19.3 Å². The van der Waals surface area contributed by atoms with E-state index in [0.717, 1.165) is 9.99 Å². The molecule has 1 fully saturated rings. The van der Waals surface area contributed by atoms with Crippen molar-refractivity contribution in [2.75, 3.05) is 11.5 Å². The van der Waals surface area contributed by atoms with Gasteiger partial charge in [0.15, 0.2) is 6.29 Å². The highest BCUT2D eigenvalue weighted by Crippen LogP contribution is 2.25. The summed E-state index contributed by atoms with van der Waals surface area (Å²) >= 11 is 2.27. The summed E-state index contributed by atoms with van der Waals surface area (Å²) in [7, 11) is 1.54. The van der Waals surface area contributed by atoms with E-state index >= 15 is 0 Å². The Balaban J connectivity index is 1.91. The first kappa shape index (κ1) is 15.2. The molecule has 1 saturated heterocycles.